The Balaban J connectivity index is 2.29. The minimum atomic E-state index is 0.918. The van der Waals surface area contributed by atoms with E-state index in [0.717, 1.165) is 18.8 Å². The van der Waals surface area contributed by atoms with Gasteiger partial charge in [0.05, 0.1) is 11.4 Å². The maximum absolute atomic E-state index is 5.96. The first-order valence-electron chi connectivity index (χ1n) is 4.88. The summed E-state index contributed by atoms with van der Waals surface area (Å²) in [5.74, 6) is 0. The zero-order valence-electron chi connectivity index (χ0n) is 8.09. The van der Waals surface area contributed by atoms with Crippen molar-refractivity contribution in [1.29, 1.82) is 0 Å². The minimum Gasteiger partial charge on any atom is -0.397 e. The predicted molar refractivity (Wildman–Crippen MR) is 57.0 cm³/mol. The highest BCUT2D eigenvalue weighted by atomic mass is 15.1. The molecule has 70 valence electrons. The summed E-state index contributed by atoms with van der Waals surface area (Å²) in [6, 6.07) is 6.31. The van der Waals surface area contributed by atoms with Crippen molar-refractivity contribution in [3.63, 3.8) is 0 Å². The molecular weight excluding hydrogens is 160 g/mol. The van der Waals surface area contributed by atoms with Crippen molar-refractivity contribution in [2.24, 2.45) is 0 Å². The van der Waals surface area contributed by atoms with E-state index in [0.29, 0.717) is 0 Å². The van der Waals surface area contributed by atoms with Crippen LogP contribution in [0.5, 0.6) is 0 Å². The summed E-state index contributed by atoms with van der Waals surface area (Å²) in [5.41, 5.74) is 9.33. The van der Waals surface area contributed by atoms with E-state index in [2.05, 4.69) is 24.0 Å². The highest BCUT2D eigenvalue weighted by molar-refractivity contribution is 5.68. The topological polar surface area (TPSA) is 29.3 Å². The van der Waals surface area contributed by atoms with Gasteiger partial charge in [0, 0.05) is 13.1 Å². The van der Waals surface area contributed by atoms with Gasteiger partial charge in [0.15, 0.2) is 0 Å². The molecule has 2 N–H and O–H groups in total. The average molecular weight is 176 g/mol. The molecule has 0 spiro atoms. The Morgan fingerprint density at radius 3 is 2.54 bits per heavy atom. The van der Waals surface area contributed by atoms with Gasteiger partial charge < -0.3 is 10.6 Å². The van der Waals surface area contributed by atoms with Gasteiger partial charge in [-0.25, -0.2) is 0 Å². The summed E-state index contributed by atoms with van der Waals surface area (Å²) >= 11 is 0. The van der Waals surface area contributed by atoms with Crippen LogP contribution < -0.4 is 10.6 Å². The van der Waals surface area contributed by atoms with Crippen LogP contribution in [0.1, 0.15) is 18.4 Å². The van der Waals surface area contributed by atoms with Gasteiger partial charge in [-0.3, -0.25) is 0 Å². The molecule has 0 saturated carbocycles. The number of aryl methyl sites for hydroxylation is 1. The van der Waals surface area contributed by atoms with E-state index in [1.807, 2.05) is 6.07 Å². The van der Waals surface area contributed by atoms with E-state index in [-0.39, 0.29) is 0 Å². The van der Waals surface area contributed by atoms with Crippen LogP contribution in [-0.4, -0.2) is 13.1 Å². The molecule has 0 radical (unpaired) electrons. The van der Waals surface area contributed by atoms with Crippen molar-refractivity contribution in [3.05, 3.63) is 23.8 Å². The molecule has 0 atom stereocenters. The third-order valence-electron chi connectivity index (χ3n) is 2.63. The largest absolute Gasteiger partial charge is 0.397 e. The molecule has 1 saturated heterocycles. The SMILES string of the molecule is Cc1ccc(N2CCCC2)c(N)c1. The zero-order chi connectivity index (χ0) is 9.26. The molecule has 2 nitrogen and oxygen atoms in total. The van der Waals surface area contributed by atoms with Gasteiger partial charge in [0.1, 0.15) is 0 Å². The van der Waals surface area contributed by atoms with Crippen molar-refractivity contribution in [2.75, 3.05) is 23.7 Å². The van der Waals surface area contributed by atoms with Gasteiger partial charge in [-0.1, -0.05) is 6.07 Å². The molecular formula is C11H16N2. The summed E-state index contributed by atoms with van der Waals surface area (Å²) in [4.78, 5) is 2.37. The number of nitrogens with two attached hydrogens (primary N) is 1. The smallest absolute Gasteiger partial charge is 0.0600 e. The molecule has 0 amide bonds. The van der Waals surface area contributed by atoms with Gasteiger partial charge >= 0.3 is 0 Å². The van der Waals surface area contributed by atoms with Crippen LogP contribution >= 0.6 is 0 Å². The van der Waals surface area contributed by atoms with Crippen LogP contribution in [0, 0.1) is 6.92 Å². The second kappa shape index (κ2) is 3.29. The first-order valence-corrected chi connectivity index (χ1v) is 4.88. The molecule has 2 rings (SSSR count). The molecule has 1 heterocycles. The lowest BCUT2D eigenvalue weighted by Crippen LogP contribution is -2.18. The van der Waals surface area contributed by atoms with E-state index >= 15 is 0 Å². The van der Waals surface area contributed by atoms with Crippen molar-refractivity contribution in [2.45, 2.75) is 19.8 Å². The molecule has 1 fully saturated rings. The van der Waals surface area contributed by atoms with Crippen LogP contribution in [0.4, 0.5) is 11.4 Å². The molecule has 0 unspecified atom stereocenters. The van der Waals surface area contributed by atoms with Gasteiger partial charge in [0.2, 0.25) is 0 Å². The second-order valence-electron chi connectivity index (χ2n) is 3.76. The summed E-state index contributed by atoms with van der Waals surface area (Å²) in [5, 5.41) is 0. The van der Waals surface area contributed by atoms with Crippen LogP contribution in [0.15, 0.2) is 18.2 Å². The fourth-order valence-electron chi connectivity index (χ4n) is 1.92. The van der Waals surface area contributed by atoms with Crippen LogP contribution in [-0.2, 0) is 0 Å². The first kappa shape index (κ1) is 8.42. The number of nitrogens with zero attached hydrogens (tertiary/aromatic N) is 1. The Bertz CT molecular complexity index is 301. The van der Waals surface area contributed by atoms with Crippen molar-refractivity contribution in [3.8, 4) is 0 Å². The van der Waals surface area contributed by atoms with E-state index in [1.165, 1.54) is 24.1 Å². The molecule has 0 bridgehead atoms. The summed E-state index contributed by atoms with van der Waals surface area (Å²) < 4.78 is 0. The van der Waals surface area contributed by atoms with Crippen molar-refractivity contribution < 1.29 is 0 Å². The number of anilines is 2. The fraction of sp³-hybridized carbons (Fsp3) is 0.455. The molecule has 1 aromatic carbocycles. The van der Waals surface area contributed by atoms with Crippen molar-refractivity contribution >= 4 is 11.4 Å². The standard InChI is InChI=1S/C11H16N2/c1-9-4-5-11(10(12)8-9)13-6-2-3-7-13/h4-5,8H,2-3,6-7,12H2,1H3. The number of hydrogen-bond donors (Lipinski definition) is 1. The second-order valence-corrected chi connectivity index (χ2v) is 3.76. The minimum absolute atomic E-state index is 0.918. The summed E-state index contributed by atoms with van der Waals surface area (Å²) in [6.45, 7) is 4.39. The molecule has 13 heavy (non-hydrogen) atoms. The monoisotopic (exact) mass is 176 g/mol. The predicted octanol–water partition coefficient (Wildman–Crippen LogP) is 2.18. The van der Waals surface area contributed by atoms with E-state index < -0.39 is 0 Å². The first-order chi connectivity index (χ1) is 6.27. The average Bonchev–Trinajstić information content (AvgIpc) is 2.56. The Kier molecular flexibility index (Phi) is 2.13. The quantitative estimate of drug-likeness (QED) is 0.664. The van der Waals surface area contributed by atoms with E-state index in [1.54, 1.807) is 0 Å². The highest BCUT2D eigenvalue weighted by Gasteiger charge is 2.13. The molecule has 1 aliphatic rings. The maximum atomic E-state index is 5.96. The number of nitrogen functional groups attached to an aromatic ring is 1. The Morgan fingerprint density at radius 1 is 1.23 bits per heavy atom. The third-order valence-corrected chi connectivity index (χ3v) is 2.63. The summed E-state index contributed by atoms with van der Waals surface area (Å²) in [7, 11) is 0. The van der Waals surface area contributed by atoms with Gasteiger partial charge in [-0.2, -0.15) is 0 Å². The normalized spacial score (nSPS) is 16.5. The molecule has 0 aliphatic carbocycles. The van der Waals surface area contributed by atoms with E-state index in [9.17, 15) is 0 Å². The Hall–Kier alpha value is -1.18. The lowest BCUT2D eigenvalue weighted by Gasteiger charge is -2.19. The molecule has 0 aromatic heterocycles. The van der Waals surface area contributed by atoms with Gasteiger partial charge in [-0.05, 0) is 37.5 Å². The van der Waals surface area contributed by atoms with Crippen molar-refractivity contribution in [1.82, 2.24) is 0 Å². The maximum Gasteiger partial charge on any atom is 0.0600 e. The Labute approximate surface area is 79.4 Å². The fourth-order valence-corrected chi connectivity index (χ4v) is 1.92. The number of rotatable bonds is 1. The third kappa shape index (κ3) is 1.62. The van der Waals surface area contributed by atoms with E-state index in [4.69, 9.17) is 5.73 Å². The molecule has 1 aromatic rings. The van der Waals surface area contributed by atoms with Gasteiger partial charge in [-0.15, -0.1) is 0 Å². The molecule has 2 heteroatoms. The zero-order valence-corrected chi connectivity index (χ0v) is 8.09. The lowest BCUT2D eigenvalue weighted by molar-refractivity contribution is 0.949. The van der Waals surface area contributed by atoms with Crippen LogP contribution in [0.2, 0.25) is 0 Å². The highest BCUT2D eigenvalue weighted by Crippen LogP contribution is 2.27. The summed E-state index contributed by atoms with van der Waals surface area (Å²) in [6.07, 6.45) is 2.60. The van der Waals surface area contributed by atoms with Crippen LogP contribution in [0.3, 0.4) is 0 Å². The molecule has 1 aliphatic heterocycles. The van der Waals surface area contributed by atoms with Gasteiger partial charge in [0.25, 0.3) is 0 Å². The number of hydrogen-bond acceptors (Lipinski definition) is 2. The van der Waals surface area contributed by atoms with Crippen LogP contribution in [0.25, 0.3) is 0 Å². The Morgan fingerprint density at radius 2 is 1.92 bits per heavy atom. The number of benzene rings is 1. The lowest BCUT2D eigenvalue weighted by atomic mass is 10.2.